The van der Waals surface area contributed by atoms with Gasteiger partial charge in [-0.05, 0) is 18.0 Å². The molecular formula is C7H10Cl2N4. The largest absolute Gasteiger partial charge is 0.367 e. The summed E-state index contributed by atoms with van der Waals surface area (Å²) in [4.78, 5) is 3.89. The summed E-state index contributed by atoms with van der Waals surface area (Å²) in [5.41, 5.74) is 0. The maximum Gasteiger partial charge on any atom is 0.245 e. The number of hydrogen-bond acceptors (Lipinski definition) is 4. The van der Waals surface area contributed by atoms with E-state index in [0.29, 0.717) is 5.82 Å². The Morgan fingerprint density at radius 3 is 2.77 bits per heavy atom. The van der Waals surface area contributed by atoms with Gasteiger partial charge in [0.1, 0.15) is 0 Å². The molecule has 0 bridgehead atoms. The van der Waals surface area contributed by atoms with Gasteiger partial charge < -0.3 is 5.32 Å². The van der Waals surface area contributed by atoms with Crippen LogP contribution in [0.1, 0.15) is 19.8 Å². The molecule has 1 aromatic heterocycles. The molecule has 1 rings (SSSR count). The average molecular weight is 221 g/mol. The van der Waals surface area contributed by atoms with Gasteiger partial charge in [-0.1, -0.05) is 24.9 Å². The SMILES string of the molecule is CCCCNc1nc(Cl)nnc1Cl. The van der Waals surface area contributed by atoms with Gasteiger partial charge in [0.15, 0.2) is 11.0 Å². The molecule has 4 nitrogen and oxygen atoms in total. The van der Waals surface area contributed by atoms with E-state index in [1.807, 2.05) is 0 Å². The standard InChI is InChI=1S/C7H10Cl2N4/c1-2-3-4-10-6-5(8)12-13-7(9)11-6/h2-4H2,1H3,(H,10,11,13). The highest BCUT2D eigenvalue weighted by Crippen LogP contribution is 2.16. The zero-order chi connectivity index (χ0) is 9.68. The average Bonchev–Trinajstić information content (AvgIpc) is 2.11. The van der Waals surface area contributed by atoms with E-state index in [0.717, 1.165) is 19.4 Å². The van der Waals surface area contributed by atoms with Gasteiger partial charge in [-0.15, -0.1) is 10.2 Å². The second kappa shape index (κ2) is 5.19. The molecule has 0 unspecified atom stereocenters. The maximum atomic E-state index is 5.72. The molecule has 1 N–H and O–H groups in total. The van der Waals surface area contributed by atoms with Crippen molar-refractivity contribution in [3.05, 3.63) is 10.4 Å². The molecule has 0 radical (unpaired) electrons. The Morgan fingerprint density at radius 2 is 2.08 bits per heavy atom. The normalized spacial score (nSPS) is 10.1. The van der Waals surface area contributed by atoms with Crippen LogP contribution in [0.25, 0.3) is 0 Å². The van der Waals surface area contributed by atoms with Gasteiger partial charge in [-0.2, -0.15) is 4.98 Å². The fourth-order valence-electron chi connectivity index (χ4n) is 0.789. The molecule has 1 heterocycles. The second-order valence-electron chi connectivity index (χ2n) is 2.50. The molecule has 0 aliphatic rings. The van der Waals surface area contributed by atoms with Crippen LogP contribution in [-0.4, -0.2) is 21.7 Å². The Hall–Kier alpha value is -0.610. The van der Waals surface area contributed by atoms with Crippen LogP contribution in [0.5, 0.6) is 0 Å². The van der Waals surface area contributed by atoms with E-state index in [2.05, 4.69) is 27.4 Å². The fraction of sp³-hybridized carbons (Fsp3) is 0.571. The van der Waals surface area contributed by atoms with Crippen molar-refractivity contribution in [2.24, 2.45) is 0 Å². The van der Waals surface area contributed by atoms with Gasteiger partial charge in [-0.25, -0.2) is 0 Å². The van der Waals surface area contributed by atoms with E-state index in [4.69, 9.17) is 23.2 Å². The molecule has 13 heavy (non-hydrogen) atoms. The van der Waals surface area contributed by atoms with Crippen LogP contribution in [0.2, 0.25) is 10.4 Å². The number of rotatable bonds is 4. The number of halogens is 2. The number of hydrogen-bond donors (Lipinski definition) is 1. The number of unbranched alkanes of at least 4 members (excludes halogenated alkanes) is 1. The third-order valence-corrected chi connectivity index (χ3v) is 1.86. The van der Waals surface area contributed by atoms with Crippen molar-refractivity contribution in [1.82, 2.24) is 15.2 Å². The predicted molar refractivity (Wildman–Crippen MR) is 53.2 cm³/mol. The number of nitrogens with zero attached hydrogens (tertiary/aromatic N) is 3. The molecule has 1 aromatic rings. The highest BCUT2D eigenvalue weighted by Gasteiger charge is 2.03. The summed E-state index contributed by atoms with van der Waals surface area (Å²) in [5.74, 6) is 0.495. The maximum absolute atomic E-state index is 5.72. The molecule has 0 saturated heterocycles. The van der Waals surface area contributed by atoms with Crippen LogP contribution in [0, 0.1) is 0 Å². The van der Waals surface area contributed by atoms with Crippen LogP contribution in [0.4, 0.5) is 5.82 Å². The van der Waals surface area contributed by atoms with Crippen LogP contribution >= 0.6 is 23.2 Å². The first-order chi connectivity index (χ1) is 6.24. The van der Waals surface area contributed by atoms with E-state index >= 15 is 0 Å². The lowest BCUT2D eigenvalue weighted by atomic mass is 10.3. The zero-order valence-corrected chi connectivity index (χ0v) is 8.73. The number of aromatic nitrogens is 3. The van der Waals surface area contributed by atoms with Crippen molar-refractivity contribution in [1.29, 1.82) is 0 Å². The first kappa shape index (κ1) is 10.5. The van der Waals surface area contributed by atoms with Gasteiger partial charge in [0, 0.05) is 6.54 Å². The molecule has 0 saturated carbocycles. The molecule has 0 aromatic carbocycles. The zero-order valence-electron chi connectivity index (χ0n) is 7.22. The lowest BCUT2D eigenvalue weighted by Gasteiger charge is -2.04. The lowest BCUT2D eigenvalue weighted by Crippen LogP contribution is -2.05. The lowest BCUT2D eigenvalue weighted by molar-refractivity contribution is 0.827. The Balaban J connectivity index is 2.59. The van der Waals surface area contributed by atoms with Crippen molar-refractivity contribution < 1.29 is 0 Å². The minimum Gasteiger partial charge on any atom is -0.367 e. The van der Waals surface area contributed by atoms with Crippen molar-refractivity contribution in [3.8, 4) is 0 Å². The Bertz CT molecular complexity index is 279. The van der Waals surface area contributed by atoms with Crippen LogP contribution in [0.3, 0.4) is 0 Å². The predicted octanol–water partition coefficient (Wildman–Crippen LogP) is 2.39. The van der Waals surface area contributed by atoms with Crippen LogP contribution in [0.15, 0.2) is 0 Å². The number of nitrogens with one attached hydrogen (secondary N) is 1. The molecular weight excluding hydrogens is 211 g/mol. The molecule has 0 aliphatic heterocycles. The summed E-state index contributed by atoms with van der Waals surface area (Å²) < 4.78 is 0. The minimum absolute atomic E-state index is 0.100. The molecule has 6 heteroatoms. The van der Waals surface area contributed by atoms with E-state index in [-0.39, 0.29) is 10.4 Å². The molecule has 0 fully saturated rings. The first-order valence-corrected chi connectivity index (χ1v) is 4.79. The molecule has 0 spiro atoms. The Kier molecular flexibility index (Phi) is 4.18. The minimum atomic E-state index is 0.100. The third kappa shape index (κ3) is 3.32. The summed E-state index contributed by atoms with van der Waals surface area (Å²) in [6, 6.07) is 0. The second-order valence-corrected chi connectivity index (χ2v) is 3.20. The van der Waals surface area contributed by atoms with Crippen molar-refractivity contribution in [2.75, 3.05) is 11.9 Å². The van der Waals surface area contributed by atoms with Gasteiger partial charge in [-0.3, -0.25) is 0 Å². The Morgan fingerprint density at radius 1 is 1.31 bits per heavy atom. The van der Waals surface area contributed by atoms with E-state index in [1.165, 1.54) is 0 Å². The van der Waals surface area contributed by atoms with Crippen LogP contribution in [-0.2, 0) is 0 Å². The molecule has 0 aliphatic carbocycles. The highest BCUT2D eigenvalue weighted by atomic mass is 35.5. The fourth-order valence-corrected chi connectivity index (χ4v) is 1.06. The van der Waals surface area contributed by atoms with E-state index < -0.39 is 0 Å². The smallest absolute Gasteiger partial charge is 0.245 e. The van der Waals surface area contributed by atoms with Gasteiger partial charge in [0.05, 0.1) is 0 Å². The molecule has 72 valence electrons. The Labute approximate surface area is 86.7 Å². The number of anilines is 1. The molecule has 0 amide bonds. The topological polar surface area (TPSA) is 50.7 Å². The summed E-state index contributed by atoms with van der Waals surface area (Å²) in [6.07, 6.45) is 2.16. The molecule has 0 atom stereocenters. The highest BCUT2D eigenvalue weighted by molar-refractivity contribution is 6.32. The van der Waals surface area contributed by atoms with Crippen LogP contribution < -0.4 is 5.32 Å². The van der Waals surface area contributed by atoms with Crippen molar-refractivity contribution in [3.63, 3.8) is 0 Å². The van der Waals surface area contributed by atoms with E-state index in [1.54, 1.807) is 0 Å². The first-order valence-electron chi connectivity index (χ1n) is 4.03. The van der Waals surface area contributed by atoms with Gasteiger partial charge in [0.2, 0.25) is 5.28 Å². The summed E-state index contributed by atoms with van der Waals surface area (Å²) in [5, 5.41) is 10.5. The third-order valence-electron chi connectivity index (χ3n) is 1.44. The summed E-state index contributed by atoms with van der Waals surface area (Å²) >= 11 is 11.3. The quantitative estimate of drug-likeness (QED) is 0.793. The van der Waals surface area contributed by atoms with Crippen molar-refractivity contribution in [2.45, 2.75) is 19.8 Å². The van der Waals surface area contributed by atoms with Gasteiger partial charge >= 0.3 is 0 Å². The van der Waals surface area contributed by atoms with Gasteiger partial charge in [0.25, 0.3) is 0 Å². The van der Waals surface area contributed by atoms with Crippen molar-refractivity contribution >= 4 is 29.0 Å². The summed E-state index contributed by atoms with van der Waals surface area (Å²) in [6.45, 7) is 2.92. The summed E-state index contributed by atoms with van der Waals surface area (Å²) in [7, 11) is 0. The monoisotopic (exact) mass is 220 g/mol. The van der Waals surface area contributed by atoms with E-state index in [9.17, 15) is 0 Å².